The Morgan fingerprint density at radius 3 is 2.59 bits per heavy atom. The minimum absolute atomic E-state index is 0.493. The number of benzene rings is 1. The molecular weight excluding hydrogens is 348 g/mol. The van der Waals surface area contributed by atoms with Crippen LogP contribution in [-0.2, 0) is 15.1 Å². The Hall–Kier alpha value is -1.65. The maximum absolute atomic E-state index is 11.9. The van der Waals surface area contributed by atoms with E-state index in [0.717, 1.165) is 29.3 Å². The zero-order chi connectivity index (χ0) is 16.4. The molecule has 1 aromatic carbocycles. The number of anilines is 1. The molecule has 0 spiro atoms. The van der Waals surface area contributed by atoms with Crippen molar-refractivity contribution in [3.05, 3.63) is 28.2 Å². The first-order valence-electron chi connectivity index (χ1n) is 7.15. The molecule has 0 aliphatic heterocycles. The summed E-state index contributed by atoms with van der Waals surface area (Å²) in [5, 5.41) is 2.72. The normalized spacial score (nSPS) is 16.2. The molecule has 0 saturated heterocycles. The summed E-state index contributed by atoms with van der Waals surface area (Å²) in [6.45, 7) is 5.42. The molecule has 0 atom stereocenters. The van der Waals surface area contributed by atoms with Crippen molar-refractivity contribution in [2.24, 2.45) is 4.99 Å². The molecule has 1 amide bonds. The van der Waals surface area contributed by atoms with Crippen LogP contribution in [-0.4, -0.2) is 17.8 Å². The minimum atomic E-state index is -0.564. The van der Waals surface area contributed by atoms with Crippen molar-refractivity contribution in [2.75, 3.05) is 5.32 Å². The fourth-order valence-electron chi connectivity index (χ4n) is 2.39. The van der Waals surface area contributed by atoms with Gasteiger partial charge in [0.1, 0.15) is 5.60 Å². The van der Waals surface area contributed by atoms with Gasteiger partial charge in [0.15, 0.2) is 0 Å². The number of carbonyl (C=O) groups excluding carboxylic acids is 2. The van der Waals surface area contributed by atoms with Crippen LogP contribution in [0, 0.1) is 0 Å². The summed E-state index contributed by atoms with van der Waals surface area (Å²) in [7, 11) is 0. The van der Waals surface area contributed by atoms with E-state index in [1.54, 1.807) is 26.9 Å². The second kappa shape index (κ2) is 6.23. The van der Waals surface area contributed by atoms with Gasteiger partial charge in [0, 0.05) is 4.47 Å². The first-order chi connectivity index (χ1) is 10.3. The molecule has 1 N–H and O–H groups in total. The molecule has 118 valence electrons. The fraction of sp³-hybridized carbons (Fsp3) is 0.500. The molecule has 0 radical (unpaired) electrons. The van der Waals surface area contributed by atoms with Crippen molar-refractivity contribution in [1.82, 2.24) is 0 Å². The Labute approximate surface area is 138 Å². The van der Waals surface area contributed by atoms with Crippen LogP contribution >= 0.6 is 15.9 Å². The summed E-state index contributed by atoms with van der Waals surface area (Å²) in [5.74, 6) is 0. The van der Waals surface area contributed by atoms with Crippen LogP contribution < -0.4 is 5.32 Å². The topological polar surface area (TPSA) is 67.8 Å². The van der Waals surface area contributed by atoms with E-state index in [-0.39, 0.29) is 0 Å². The van der Waals surface area contributed by atoms with Crippen molar-refractivity contribution in [3.63, 3.8) is 0 Å². The van der Waals surface area contributed by atoms with Gasteiger partial charge in [0.2, 0.25) is 6.08 Å². The number of hydrogen-bond donors (Lipinski definition) is 1. The van der Waals surface area contributed by atoms with Gasteiger partial charge in [-0.3, -0.25) is 5.32 Å². The zero-order valence-electron chi connectivity index (χ0n) is 12.9. The van der Waals surface area contributed by atoms with Crippen molar-refractivity contribution in [1.29, 1.82) is 0 Å². The van der Waals surface area contributed by atoms with E-state index in [9.17, 15) is 9.59 Å². The lowest BCUT2D eigenvalue weighted by molar-refractivity contribution is 0.0636. The molecule has 1 aliphatic rings. The maximum atomic E-state index is 11.9. The van der Waals surface area contributed by atoms with Gasteiger partial charge in [-0.15, -0.1) is 0 Å². The van der Waals surface area contributed by atoms with Crippen molar-refractivity contribution < 1.29 is 14.3 Å². The summed E-state index contributed by atoms with van der Waals surface area (Å²) < 4.78 is 6.00. The highest BCUT2D eigenvalue weighted by molar-refractivity contribution is 9.10. The third-order valence-electron chi connectivity index (χ3n) is 3.58. The number of halogens is 1. The Morgan fingerprint density at radius 2 is 2.09 bits per heavy atom. The molecule has 1 saturated carbocycles. The third-order valence-corrected chi connectivity index (χ3v) is 4.27. The van der Waals surface area contributed by atoms with Crippen molar-refractivity contribution in [2.45, 2.75) is 51.2 Å². The van der Waals surface area contributed by atoms with Gasteiger partial charge in [-0.25, -0.2) is 9.59 Å². The summed E-state index contributed by atoms with van der Waals surface area (Å²) in [4.78, 5) is 26.6. The van der Waals surface area contributed by atoms with Gasteiger partial charge in [-0.05, 0) is 73.7 Å². The highest BCUT2D eigenvalue weighted by Gasteiger charge is 2.39. The second-order valence-electron chi connectivity index (χ2n) is 6.41. The van der Waals surface area contributed by atoms with E-state index in [4.69, 9.17) is 4.74 Å². The average molecular weight is 367 g/mol. The number of isocyanates is 1. The lowest BCUT2D eigenvalue weighted by Gasteiger charge is -2.37. The fourth-order valence-corrected chi connectivity index (χ4v) is 2.73. The maximum Gasteiger partial charge on any atom is 0.412 e. The first-order valence-corrected chi connectivity index (χ1v) is 7.94. The SMILES string of the molecule is CC(C)(C)OC(=O)Nc1cc(C2(N=C=O)CCC2)ccc1Br. The van der Waals surface area contributed by atoms with Crippen molar-refractivity contribution >= 4 is 33.8 Å². The van der Waals surface area contributed by atoms with Gasteiger partial charge in [0.25, 0.3) is 0 Å². The number of carbonyl (C=O) groups is 1. The molecule has 0 aromatic heterocycles. The lowest BCUT2D eigenvalue weighted by Crippen LogP contribution is -2.32. The molecule has 2 rings (SSSR count). The predicted octanol–water partition coefficient (Wildman–Crippen LogP) is 4.51. The number of nitrogens with zero attached hydrogens (tertiary/aromatic N) is 1. The van der Waals surface area contributed by atoms with Crippen LogP contribution in [0.2, 0.25) is 0 Å². The molecule has 1 aromatic rings. The number of amides is 1. The number of rotatable bonds is 3. The Balaban J connectivity index is 2.24. The van der Waals surface area contributed by atoms with Crippen LogP contribution in [0.25, 0.3) is 0 Å². The van der Waals surface area contributed by atoms with E-state index in [1.807, 2.05) is 18.2 Å². The molecule has 0 bridgehead atoms. The van der Waals surface area contributed by atoms with Gasteiger partial charge in [-0.1, -0.05) is 6.07 Å². The van der Waals surface area contributed by atoms with Crippen LogP contribution in [0.4, 0.5) is 10.5 Å². The summed E-state index contributed by atoms with van der Waals surface area (Å²) in [6, 6.07) is 5.57. The van der Waals surface area contributed by atoms with E-state index in [0.29, 0.717) is 5.69 Å². The highest BCUT2D eigenvalue weighted by atomic mass is 79.9. The van der Waals surface area contributed by atoms with E-state index in [2.05, 4.69) is 26.2 Å². The van der Waals surface area contributed by atoms with Crippen LogP contribution in [0.3, 0.4) is 0 Å². The van der Waals surface area contributed by atoms with Crippen molar-refractivity contribution in [3.8, 4) is 0 Å². The number of nitrogens with one attached hydrogen (secondary N) is 1. The number of hydrogen-bond acceptors (Lipinski definition) is 4. The van der Waals surface area contributed by atoms with E-state index < -0.39 is 17.2 Å². The van der Waals surface area contributed by atoms with Gasteiger partial charge in [-0.2, -0.15) is 4.99 Å². The van der Waals surface area contributed by atoms with Gasteiger partial charge >= 0.3 is 6.09 Å². The van der Waals surface area contributed by atoms with Crippen LogP contribution in [0.15, 0.2) is 27.7 Å². The number of aliphatic imine (C=N–C) groups is 1. The molecule has 0 heterocycles. The Kier molecular flexibility index (Phi) is 4.73. The standard InChI is InChI=1S/C16H19BrN2O3/c1-15(2,3)22-14(21)19-13-9-11(5-6-12(13)17)16(18-10-20)7-4-8-16/h5-6,9H,4,7-8H2,1-3H3,(H,19,21). The molecule has 22 heavy (non-hydrogen) atoms. The van der Waals surface area contributed by atoms with E-state index in [1.165, 1.54) is 0 Å². The largest absolute Gasteiger partial charge is 0.444 e. The van der Waals surface area contributed by atoms with E-state index >= 15 is 0 Å². The van der Waals surface area contributed by atoms with Gasteiger partial charge < -0.3 is 4.74 Å². The summed E-state index contributed by atoms with van der Waals surface area (Å²) in [5.41, 5.74) is 0.438. The molecule has 6 heteroatoms. The molecule has 1 aliphatic carbocycles. The minimum Gasteiger partial charge on any atom is -0.444 e. The number of ether oxygens (including phenoxy) is 1. The average Bonchev–Trinajstić information content (AvgIpc) is 2.34. The molecule has 5 nitrogen and oxygen atoms in total. The first kappa shape index (κ1) is 16.7. The summed E-state index contributed by atoms with van der Waals surface area (Å²) in [6.07, 6.45) is 3.80. The van der Waals surface area contributed by atoms with Gasteiger partial charge in [0.05, 0.1) is 11.2 Å². The van der Waals surface area contributed by atoms with Crippen LogP contribution in [0.5, 0.6) is 0 Å². The molecule has 1 fully saturated rings. The Bertz CT molecular complexity index is 627. The zero-order valence-corrected chi connectivity index (χ0v) is 14.5. The quantitative estimate of drug-likeness (QED) is 0.631. The molecule has 0 unspecified atom stereocenters. The third kappa shape index (κ3) is 3.76. The predicted molar refractivity (Wildman–Crippen MR) is 87.6 cm³/mol. The lowest BCUT2D eigenvalue weighted by atomic mass is 9.72. The Morgan fingerprint density at radius 1 is 1.41 bits per heavy atom. The van der Waals surface area contributed by atoms with Crippen LogP contribution in [0.1, 0.15) is 45.6 Å². The highest BCUT2D eigenvalue weighted by Crippen LogP contribution is 2.46. The smallest absolute Gasteiger partial charge is 0.412 e. The second-order valence-corrected chi connectivity index (χ2v) is 7.26. The summed E-state index contributed by atoms with van der Waals surface area (Å²) >= 11 is 3.41. The monoisotopic (exact) mass is 366 g/mol. The molecular formula is C16H19BrN2O3.